The first kappa shape index (κ1) is 24.3. The predicted octanol–water partition coefficient (Wildman–Crippen LogP) is -9.71. The summed E-state index contributed by atoms with van der Waals surface area (Å²) < 4.78 is 21.2. The van der Waals surface area contributed by atoms with Crippen molar-refractivity contribution < 1.29 is 92.1 Å². The third-order valence-electron chi connectivity index (χ3n) is 0.200. The van der Waals surface area contributed by atoms with Crippen molar-refractivity contribution in [3.05, 3.63) is 0 Å². The quantitative estimate of drug-likeness (QED) is 0.347. The summed E-state index contributed by atoms with van der Waals surface area (Å²) in [6.45, 7) is 0. The van der Waals surface area contributed by atoms with E-state index in [1.165, 1.54) is 0 Å². The van der Waals surface area contributed by atoms with Crippen LogP contribution in [0.15, 0.2) is 0 Å². The van der Waals surface area contributed by atoms with Gasteiger partial charge in [0.25, 0.3) is 0 Å². The molecular formula is MgNa2O7P2. The first-order chi connectivity index (χ1) is 3.71. The number of hydrogen-bond acceptors (Lipinski definition) is 7. The van der Waals surface area contributed by atoms with E-state index in [4.69, 9.17) is 0 Å². The molecule has 0 spiro atoms. The van der Waals surface area contributed by atoms with Gasteiger partial charge in [0.05, 0.1) is 15.6 Å². The van der Waals surface area contributed by atoms with Crippen molar-refractivity contribution in [1.29, 1.82) is 0 Å². The second kappa shape index (κ2) is 9.27. The zero-order valence-corrected chi connectivity index (χ0v) is 13.7. The van der Waals surface area contributed by atoms with Crippen LogP contribution < -0.4 is 78.7 Å². The summed E-state index contributed by atoms with van der Waals surface area (Å²) in [6, 6.07) is 0. The molecule has 0 amide bonds. The minimum absolute atomic E-state index is 0. The molecule has 0 aromatic carbocycles. The average molecular weight is 244 g/mol. The molecule has 56 valence electrons. The zero-order chi connectivity index (χ0) is 7.71. The van der Waals surface area contributed by atoms with Gasteiger partial charge in [0.15, 0.2) is 0 Å². The summed E-state index contributed by atoms with van der Waals surface area (Å²) in [6.07, 6.45) is 0. The SMILES string of the molecule is O=P([O-])([O-])OP(=O)([O-])[O-].[Mg+2].[Na+].[Na+]. The summed E-state index contributed by atoms with van der Waals surface area (Å²) in [4.78, 5) is 37.3. The molecular weight excluding hydrogens is 244 g/mol. The molecule has 0 saturated heterocycles. The maximum Gasteiger partial charge on any atom is 2.00 e. The van der Waals surface area contributed by atoms with Gasteiger partial charge >= 0.3 is 82.2 Å². The maximum absolute atomic E-state index is 9.32. The Morgan fingerprint density at radius 1 is 0.833 bits per heavy atom. The minimum Gasteiger partial charge on any atom is -0.790 e. The van der Waals surface area contributed by atoms with Crippen molar-refractivity contribution in [2.45, 2.75) is 0 Å². The largest absolute Gasteiger partial charge is 2.00 e. The van der Waals surface area contributed by atoms with E-state index >= 15 is 0 Å². The van der Waals surface area contributed by atoms with Crippen molar-refractivity contribution in [2.24, 2.45) is 0 Å². The molecule has 0 aliphatic heterocycles. The van der Waals surface area contributed by atoms with Crippen LogP contribution in [0.4, 0.5) is 0 Å². The van der Waals surface area contributed by atoms with Crippen molar-refractivity contribution in [2.75, 3.05) is 0 Å². The van der Waals surface area contributed by atoms with Gasteiger partial charge in [0.1, 0.15) is 0 Å². The van der Waals surface area contributed by atoms with Gasteiger partial charge in [-0.2, -0.15) is 0 Å². The van der Waals surface area contributed by atoms with Gasteiger partial charge in [-0.15, -0.1) is 0 Å². The Morgan fingerprint density at radius 2 is 1.00 bits per heavy atom. The average Bonchev–Trinajstić information content (AvgIpc) is 1.14. The fourth-order valence-electron chi connectivity index (χ4n) is 0.122. The minimum atomic E-state index is -5.68. The van der Waals surface area contributed by atoms with Gasteiger partial charge in [-0.3, -0.25) is 0 Å². The monoisotopic (exact) mass is 244 g/mol. The van der Waals surface area contributed by atoms with Gasteiger partial charge in [-0.1, -0.05) is 0 Å². The normalized spacial score (nSPS) is 10.3. The van der Waals surface area contributed by atoms with Crippen LogP contribution in [0.3, 0.4) is 0 Å². The Hall–Kier alpha value is 3.03. The van der Waals surface area contributed by atoms with E-state index in [-0.39, 0.29) is 82.2 Å². The molecule has 0 heterocycles. The van der Waals surface area contributed by atoms with E-state index < -0.39 is 15.6 Å². The molecule has 12 heteroatoms. The molecule has 0 fully saturated rings. The van der Waals surface area contributed by atoms with Crippen molar-refractivity contribution in [3.63, 3.8) is 0 Å². The number of hydrogen-bond donors (Lipinski definition) is 0. The summed E-state index contributed by atoms with van der Waals surface area (Å²) in [5, 5.41) is 0. The maximum atomic E-state index is 9.32. The van der Waals surface area contributed by atoms with Crippen molar-refractivity contribution in [1.82, 2.24) is 0 Å². The van der Waals surface area contributed by atoms with Crippen LogP contribution in [0.25, 0.3) is 0 Å². The standard InChI is InChI=1S/Mg.2Na.H4O7P2/c;;;1-8(2,3)7-9(4,5)6/h;;;(H2,1,2,3)(H2,4,5,6)/q+2;2*+1;/p-4. The summed E-state index contributed by atoms with van der Waals surface area (Å²) in [5.74, 6) is 0. The summed E-state index contributed by atoms with van der Waals surface area (Å²) in [7, 11) is -11.4. The molecule has 0 saturated carbocycles. The second-order valence-electron chi connectivity index (χ2n) is 0.976. The molecule has 0 aromatic rings. The van der Waals surface area contributed by atoms with Gasteiger partial charge < -0.3 is 33.0 Å². The Kier molecular flexibility index (Phi) is 18.8. The summed E-state index contributed by atoms with van der Waals surface area (Å²) >= 11 is 0. The second-order valence-corrected chi connectivity index (χ2v) is 3.42. The molecule has 0 N–H and O–H groups in total. The molecule has 0 radical (unpaired) electrons. The molecule has 0 bridgehead atoms. The Morgan fingerprint density at radius 3 is 1.00 bits per heavy atom. The van der Waals surface area contributed by atoms with Crippen LogP contribution in [-0.4, -0.2) is 23.1 Å². The number of rotatable bonds is 2. The molecule has 0 atom stereocenters. The van der Waals surface area contributed by atoms with E-state index in [1.54, 1.807) is 0 Å². The molecule has 0 aliphatic rings. The Bertz CT molecular complexity index is 160. The van der Waals surface area contributed by atoms with Crippen molar-refractivity contribution in [3.8, 4) is 0 Å². The fourth-order valence-corrected chi connectivity index (χ4v) is 1.10. The van der Waals surface area contributed by atoms with Crippen LogP contribution in [0, 0.1) is 0 Å². The molecule has 7 nitrogen and oxygen atoms in total. The first-order valence-corrected chi connectivity index (χ1v) is 4.38. The predicted molar refractivity (Wildman–Crippen MR) is 22.1 cm³/mol. The number of phosphoric acid groups is 2. The molecule has 12 heavy (non-hydrogen) atoms. The van der Waals surface area contributed by atoms with Gasteiger partial charge in [-0.25, -0.2) is 0 Å². The molecule has 0 unspecified atom stereocenters. The third-order valence-corrected chi connectivity index (χ3v) is 1.80. The van der Waals surface area contributed by atoms with E-state index in [0.717, 1.165) is 0 Å². The molecule has 0 rings (SSSR count). The Balaban J connectivity index is -0.000000107. The summed E-state index contributed by atoms with van der Waals surface area (Å²) in [5.41, 5.74) is 0. The smallest absolute Gasteiger partial charge is 0.790 e. The molecule has 0 aromatic heterocycles. The van der Waals surface area contributed by atoms with Gasteiger partial charge in [0.2, 0.25) is 0 Å². The van der Waals surface area contributed by atoms with Crippen LogP contribution in [0.5, 0.6) is 0 Å². The fraction of sp³-hybridized carbons (Fsp3) is 0. The van der Waals surface area contributed by atoms with Crippen molar-refractivity contribution >= 4 is 38.7 Å². The van der Waals surface area contributed by atoms with Gasteiger partial charge in [0, 0.05) is 0 Å². The van der Waals surface area contributed by atoms with E-state index in [9.17, 15) is 28.7 Å². The van der Waals surface area contributed by atoms with Crippen LogP contribution in [0.2, 0.25) is 0 Å². The van der Waals surface area contributed by atoms with Gasteiger partial charge in [-0.05, 0) is 0 Å². The van der Waals surface area contributed by atoms with Crippen LogP contribution in [0.1, 0.15) is 0 Å². The first-order valence-electron chi connectivity index (χ1n) is 1.46. The van der Waals surface area contributed by atoms with E-state index in [0.29, 0.717) is 0 Å². The topological polar surface area (TPSA) is 136 Å². The Labute approximate surface area is 129 Å². The van der Waals surface area contributed by atoms with E-state index in [1.807, 2.05) is 0 Å². The van der Waals surface area contributed by atoms with Crippen LogP contribution in [-0.2, 0) is 13.4 Å². The molecule has 0 aliphatic carbocycles. The third kappa shape index (κ3) is 23.1. The zero-order valence-electron chi connectivity index (χ0n) is 6.46. The van der Waals surface area contributed by atoms with Crippen LogP contribution >= 0.6 is 15.6 Å². The van der Waals surface area contributed by atoms with E-state index in [2.05, 4.69) is 4.31 Å².